The maximum Gasteiger partial charge on any atom is 0.301 e. The molecule has 0 atom stereocenters. The van der Waals surface area contributed by atoms with E-state index in [0.29, 0.717) is 24.0 Å². The molecule has 146 valence electrons. The summed E-state index contributed by atoms with van der Waals surface area (Å²) in [7, 11) is -0.601. The second kappa shape index (κ2) is 8.76. The number of anilines is 1. The Bertz CT molecular complexity index is 845. The largest absolute Gasteiger partial charge is 0.490 e. The standard InChI is InChI=1S/C21H28N2O3S/c1-23(2)27(24,25)22-20-15-9-14-19(18-12-7-4-8-13-18)21(20)26-16-17-10-5-3-6-11-17/h4,7-9,12-15,17,22H,3,5-6,10-11,16H2,1-2H3. The predicted octanol–water partition coefficient (Wildman–Crippen LogP) is 4.53. The van der Waals surface area contributed by atoms with Crippen molar-refractivity contribution in [3.05, 3.63) is 48.5 Å². The van der Waals surface area contributed by atoms with Crippen LogP contribution in [0.5, 0.6) is 5.75 Å². The van der Waals surface area contributed by atoms with Gasteiger partial charge < -0.3 is 4.74 Å². The summed E-state index contributed by atoms with van der Waals surface area (Å²) in [5.41, 5.74) is 2.37. The lowest BCUT2D eigenvalue weighted by molar-refractivity contribution is 0.210. The van der Waals surface area contributed by atoms with E-state index in [1.165, 1.54) is 46.2 Å². The van der Waals surface area contributed by atoms with E-state index in [9.17, 15) is 8.42 Å². The Morgan fingerprint density at radius 2 is 1.70 bits per heavy atom. The van der Waals surface area contributed by atoms with Gasteiger partial charge in [-0.25, -0.2) is 0 Å². The molecule has 6 heteroatoms. The summed E-state index contributed by atoms with van der Waals surface area (Å²) in [5.74, 6) is 1.13. The molecule has 0 spiro atoms. The minimum absolute atomic E-state index is 0.473. The van der Waals surface area contributed by atoms with E-state index in [4.69, 9.17) is 4.74 Å². The van der Waals surface area contributed by atoms with Crippen molar-refractivity contribution in [2.24, 2.45) is 5.92 Å². The molecule has 1 saturated carbocycles. The number of nitrogens with one attached hydrogen (secondary N) is 1. The molecule has 1 N–H and O–H groups in total. The number of hydrogen-bond donors (Lipinski definition) is 1. The summed E-state index contributed by atoms with van der Waals surface area (Å²) >= 11 is 0. The lowest BCUT2D eigenvalue weighted by Gasteiger charge is -2.24. The first-order valence-electron chi connectivity index (χ1n) is 9.49. The van der Waals surface area contributed by atoms with Gasteiger partial charge in [0.05, 0.1) is 12.3 Å². The van der Waals surface area contributed by atoms with Gasteiger partial charge in [-0.2, -0.15) is 12.7 Å². The fourth-order valence-electron chi connectivity index (χ4n) is 3.40. The molecule has 1 fully saturated rings. The van der Waals surface area contributed by atoms with Gasteiger partial charge in [-0.05, 0) is 30.4 Å². The van der Waals surface area contributed by atoms with Gasteiger partial charge in [-0.1, -0.05) is 61.7 Å². The number of benzene rings is 2. The molecule has 0 heterocycles. The van der Waals surface area contributed by atoms with Gasteiger partial charge in [0.25, 0.3) is 0 Å². The molecular formula is C21H28N2O3S. The molecular weight excluding hydrogens is 360 g/mol. The third kappa shape index (κ3) is 5.02. The highest BCUT2D eigenvalue weighted by Crippen LogP contribution is 2.38. The van der Waals surface area contributed by atoms with Crippen molar-refractivity contribution in [2.75, 3.05) is 25.4 Å². The predicted molar refractivity (Wildman–Crippen MR) is 110 cm³/mol. The number of ether oxygens (including phenoxy) is 1. The first-order valence-corrected chi connectivity index (χ1v) is 10.9. The second-order valence-corrected chi connectivity index (χ2v) is 9.14. The summed E-state index contributed by atoms with van der Waals surface area (Å²) in [4.78, 5) is 0. The van der Waals surface area contributed by atoms with E-state index in [1.807, 2.05) is 42.5 Å². The van der Waals surface area contributed by atoms with Crippen molar-refractivity contribution in [1.29, 1.82) is 0 Å². The Kier molecular flexibility index (Phi) is 6.39. The Morgan fingerprint density at radius 3 is 2.37 bits per heavy atom. The molecule has 0 amide bonds. The lowest BCUT2D eigenvalue weighted by atomic mass is 9.90. The highest BCUT2D eigenvalue weighted by atomic mass is 32.2. The lowest BCUT2D eigenvalue weighted by Crippen LogP contribution is -2.29. The second-order valence-electron chi connectivity index (χ2n) is 7.25. The van der Waals surface area contributed by atoms with Crippen LogP contribution in [0.3, 0.4) is 0 Å². The van der Waals surface area contributed by atoms with Crippen LogP contribution in [0, 0.1) is 5.92 Å². The third-order valence-electron chi connectivity index (χ3n) is 5.01. The molecule has 1 aliphatic carbocycles. The Hall–Kier alpha value is -2.05. The molecule has 5 nitrogen and oxygen atoms in total. The number of rotatable bonds is 7. The summed E-state index contributed by atoms with van der Waals surface area (Å²) in [6.45, 7) is 0.612. The average molecular weight is 389 g/mol. The summed E-state index contributed by atoms with van der Waals surface area (Å²) in [6, 6.07) is 15.5. The molecule has 27 heavy (non-hydrogen) atoms. The third-order valence-corrected chi connectivity index (χ3v) is 6.45. The van der Waals surface area contributed by atoms with Crippen LogP contribution in [0.15, 0.2) is 48.5 Å². The van der Waals surface area contributed by atoms with E-state index in [0.717, 1.165) is 15.4 Å². The van der Waals surface area contributed by atoms with Crippen molar-refractivity contribution in [2.45, 2.75) is 32.1 Å². The first-order chi connectivity index (χ1) is 13.0. The van der Waals surface area contributed by atoms with Gasteiger partial charge in [-0.3, -0.25) is 4.72 Å². The van der Waals surface area contributed by atoms with Crippen molar-refractivity contribution in [3.63, 3.8) is 0 Å². The normalized spacial score (nSPS) is 15.7. The van der Waals surface area contributed by atoms with Crippen molar-refractivity contribution in [1.82, 2.24) is 4.31 Å². The Balaban J connectivity index is 1.94. The fraction of sp³-hybridized carbons (Fsp3) is 0.429. The van der Waals surface area contributed by atoms with Gasteiger partial charge >= 0.3 is 10.2 Å². The molecule has 0 saturated heterocycles. The average Bonchev–Trinajstić information content (AvgIpc) is 2.68. The monoisotopic (exact) mass is 388 g/mol. The van der Waals surface area contributed by atoms with E-state index in [-0.39, 0.29) is 0 Å². The van der Waals surface area contributed by atoms with Crippen LogP contribution in [-0.4, -0.2) is 33.4 Å². The maximum absolute atomic E-state index is 12.4. The van der Waals surface area contributed by atoms with Crippen molar-refractivity contribution < 1.29 is 13.2 Å². The number of nitrogens with zero attached hydrogens (tertiary/aromatic N) is 1. The smallest absolute Gasteiger partial charge is 0.301 e. The van der Waals surface area contributed by atoms with E-state index in [1.54, 1.807) is 6.07 Å². The van der Waals surface area contributed by atoms with E-state index >= 15 is 0 Å². The SMILES string of the molecule is CN(C)S(=O)(=O)Nc1cccc(-c2ccccc2)c1OCC1CCCCC1. The molecule has 2 aromatic rings. The zero-order valence-electron chi connectivity index (χ0n) is 16.0. The van der Waals surface area contributed by atoms with Gasteiger partial charge in [0.15, 0.2) is 5.75 Å². The van der Waals surface area contributed by atoms with E-state index in [2.05, 4.69) is 4.72 Å². The zero-order chi connectivity index (χ0) is 19.3. The molecule has 0 bridgehead atoms. The van der Waals surface area contributed by atoms with Gasteiger partial charge in [0.1, 0.15) is 0 Å². The maximum atomic E-state index is 12.4. The van der Waals surface area contributed by atoms with Gasteiger partial charge in [-0.15, -0.1) is 0 Å². The van der Waals surface area contributed by atoms with Crippen molar-refractivity contribution >= 4 is 15.9 Å². The molecule has 0 unspecified atom stereocenters. The topological polar surface area (TPSA) is 58.6 Å². The molecule has 1 aliphatic rings. The summed E-state index contributed by atoms with van der Waals surface area (Å²) < 4.78 is 34.8. The highest BCUT2D eigenvalue weighted by Gasteiger charge is 2.21. The van der Waals surface area contributed by atoms with Crippen LogP contribution in [-0.2, 0) is 10.2 Å². The zero-order valence-corrected chi connectivity index (χ0v) is 16.8. The number of hydrogen-bond acceptors (Lipinski definition) is 3. The molecule has 0 radical (unpaired) electrons. The van der Waals surface area contributed by atoms with Crippen LogP contribution in [0.2, 0.25) is 0 Å². The Morgan fingerprint density at radius 1 is 1.00 bits per heavy atom. The van der Waals surface area contributed by atoms with Crippen molar-refractivity contribution in [3.8, 4) is 16.9 Å². The van der Waals surface area contributed by atoms with E-state index < -0.39 is 10.2 Å². The summed E-state index contributed by atoms with van der Waals surface area (Å²) in [6.07, 6.45) is 6.13. The Labute approximate surface area is 162 Å². The van der Waals surface area contributed by atoms with Crippen LogP contribution in [0.1, 0.15) is 32.1 Å². The van der Waals surface area contributed by atoms with Crippen LogP contribution in [0.4, 0.5) is 5.69 Å². The van der Waals surface area contributed by atoms with Crippen LogP contribution >= 0.6 is 0 Å². The molecule has 0 aromatic heterocycles. The van der Waals surface area contributed by atoms with Crippen LogP contribution < -0.4 is 9.46 Å². The quantitative estimate of drug-likeness (QED) is 0.758. The van der Waals surface area contributed by atoms with Gasteiger partial charge in [0.2, 0.25) is 0 Å². The minimum atomic E-state index is -3.61. The van der Waals surface area contributed by atoms with Crippen LogP contribution in [0.25, 0.3) is 11.1 Å². The molecule has 3 rings (SSSR count). The highest BCUT2D eigenvalue weighted by molar-refractivity contribution is 7.90. The number of para-hydroxylation sites is 1. The minimum Gasteiger partial charge on any atom is -0.490 e. The first kappa shape index (κ1) is 19.7. The molecule has 0 aliphatic heterocycles. The summed E-state index contributed by atoms with van der Waals surface area (Å²) in [5, 5.41) is 0. The molecule has 2 aromatic carbocycles. The van der Waals surface area contributed by atoms with Gasteiger partial charge in [0, 0.05) is 19.7 Å². The fourth-order valence-corrected chi connectivity index (χ4v) is 4.02.